The van der Waals surface area contributed by atoms with Gasteiger partial charge < -0.3 is 11.1 Å². The molecule has 0 bridgehead atoms. The van der Waals surface area contributed by atoms with Crippen LogP contribution in [0, 0.1) is 5.92 Å². The van der Waals surface area contributed by atoms with Crippen LogP contribution < -0.4 is 11.1 Å². The monoisotopic (exact) mass is 310 g/mol. The van der Waals surface area contributed by atoms with Gasteiger partial charge in [0.25, 0.3) is 0 Å². The Morgan fingerprint density at radius 2 is 2.17 bits per heavy atom. The fourth-order valence-corrected chi connectivity index (χ4v) is 3.05. The Labute approximate surface area is 118 Å². The topological polar surface area (TPSA) is 38.0 Å². The number of rotatable bonds is 4. The molecule has 0 amide bonds. The lowest BCUT2D eigenvalue weighted by Crippen LogP contribution is -2.55. The van der Waals surface area contributed by atoms with Crippen LogP contribution >= 0.6 is 15.9 Å². The molecule has 1 aromatic carbocycles. The highest BCUT2D eigenvalue weighted by atomic mass is 79.9. The van der Waals surface area contributed by atoms with Crippen LogP contribution in [-0.2, 0) is 12.8 Å². The van der Waals surface area contributed by atoms with Crippen molar-refractivity contribution >= 4 is 15.9 Å². The maximum atomic E-state index is 6.04. The highest BCUT2D eigenvalue weighted by Crippen LogP contribution is 2.30. The largest absolute Gasteiger partial charge is 0.329 e. The third-order valence-corrected chi connectivity index (χ3v) is 4.34. The van der Waals surface area contributed by atoms with E-state index in [1.54, 1.807) is 0 Å². The summed E-state index contributed by atoms with van der Waals surface area (Å²) in [6.45, 7) is 6.24. The van der Waals surface area contributed by atoms with Crippen molar-refractivity contribution in [3.8, 4) is 0 Å². The zero-order valence-corrected chi connectivity index (χ0v) is 12.9. The number of halogens is 1. The summed E-state index contributed by atoms with van der Waals surface area (Å²) in [5.74, 6) is 0.666. The summed E-state index contributed by atoms with van der Waals surface area (Å²) in [4.78, 5) is 0. The van der Waals surface area contributed by atoms with Crippen molar-refractivity contribution in [2.45, 2.75) is 38.6 Å². The van der Waals surface area contributed by atoms with Gasteiger partial charge in [0.2, 0.25) is 0 Å². The van der Waals surface area contributed by atoms with E-state index in [2.05, 4.69) is 53.3 Å². The van der Waals surface area contributed by atoms with E-state index in [1.807, 2.05) is 0 Å². The summed E-state index contributed by atoms with van der Waals surface area (Å²) in [6.07, 6.45) is 3.32. The molecule has 0 heterocycles. The third-order valence-electron chi connectivity index (χ3n) is 3.85. The average molecular weight is 311 g/mol. The van der Waals surface area contributed by atoms with Crippen LogP contribution in [0.2, 0.25) is 0 Å². The molecular weight excluding hydrogens is 288 g/mol. The van der Waals surface area contributed by atoms with Gasteiger partial charge >= 0.3 is 0 Å². The predicted octanol–water partition coefficient (Wildman–Crippen LogP) is 2.88. The van der Waals surface area contributed by atoms with Gasteiger partial charge in [-0.15, -0.1) is 0 Å². The predicted molar refractivity (Wildman–Crippen MR) is 80.8 cm³/mol. The van der Waals surface area contributed by atoms with Gasteiger partial charge in [0.15, 0.2) is 0 Å². The van der Waals surface area contributed by atoms with E-state index in [9.17, 15) is 0 Å². The summed E-state index contributed by atoms with van der Waals surface area (Å²) in [7, 11) is 0. The van der Waals surface area contributed by atoms with Gasteiger partial charge in [0.1, 0.15) is 0 Å². The number of fused-ring (bicyclic) bond motifs is 1. The molecule has 2 nitrogen and oxygen atoms in total. The van der Waals surface area contributed by atoms with Crippen LogP contribution in [0.15, 0.2) is 22.7 Å². The Balaban J connectivity index is 2.15. The molecule has 0 spiro atoms. The Hall–Kier alpha value is -0.380. The van der Waals surface area contributed by atoms with Crippen LogP contribution in [0.4, 0.5) is 0 Å². The zero-order chi connectivity index (χ0) is 13.2. The van der Waals surface area contributed by atoms with Crippen molar-refractivity contribution in [2.24, 2.45) is 11.7 Å². The van der Waals surface area contributed by atoms with Crippen LogP contribution in [0.5, 0.6) is 0 Å². The van der Waals surface area contributed by atoms with Crippen LogP contribution in [0.25, 0.3) is 0 Å². The van der Waals surface area contributed by atoms with Crippen LogP contribution in [0.3, 0.4) is 0 Å². The number of aryl methyl sites for hydroxylation is 1. The summed E-state index contributed by atoms with van der Waals surface area (Å²) in [6, 6.07) is 6.62. The van der Waals surface area contributed by atoms with Gasteiger partial charge in [0.05, 0.1) is 0 Å². The van der Waals surface area contributed by atoms with Crippen LogP contribution in [-0.4, -0.2) is 18.6 Å². The molecule has 1 atom stereocenters. The molecule has 0 radical (unpaired) electrons. The molecule has 0 saturated carbocycles. The third kappa shape index (κ3) is 3.14. The first-order valence-corrected chi connectivity index (χ1v) is 7.56. The second-order valence-corrected chi connectivity index (χ2v) is 6.76. The Morgan fingerprint density at radius 1 is 1.39 bits per heavy atom. The quantitative estimate of drug-likeness (QED) is 0.897. The minimum atomic E-state index is 0.102. The normalized spacial score (nSPS) is 23.2. The fraction of sp³-hybridized carbons (Fsp3) is 0.600. The van der Waals surface area contributed by atoms with E-state index in [0.29, 0.717) is 5.92 Å². The van der Waals surface area contributed by atoms with Gasteiger partial charge in [-0.05, 0) is 55.0 Å². The molecule has 3 N–H and O–H groups in total. The molecule has 3 heteroatoms. The smallest absolute Gasteiger partial charge is 0.0347 e. The maximum Gasteiger partial charge on any atom is 0.0347 e. The number of benzene rings is 1. The van der Waals surface area contributed by atoms with Crippen molar-refractivity contribution in [1.29, 1.82) is 0 Å². The first-order chi connectivity index (χ1) is 8.54. The molecule has 0 aromatic heterocycles. The van der Waals surface area contributed by atoms with Gasteiger partial charge in [-0.2, -0.15) is 0 Å². The molecule has 0 fully saturated rings. The number of nitrogens with one attached hydrogen (secondary N) is 1. The van der Waals surface area contributed by atoms with Crippen molar-refractivity contribution in [2.75, 3.05) is 13.1 Å². The highest BCUT2D eigenvalue weighted by Gasteiger charge is 2.32. The van der Waals surface area contributed by atoms with E-state index in [4.69, 9.17) is 5.73 Å². The molecule has 0 aliphatic heterocycles. The van der Waals surface area contributed by atoms with Crippen molar-refractivity contribution < 1.29 is 0 Å². The molecule has 1 aliphatic carbocycles. The van der Waals surface area contributed by atoms with E-state index in [0.717, 1.165) is 32.4 Å². The highest BCUT2D eigenvalue weighted by molar-refractivity contribution is 9.10. The van der Waals surface area contributed by atoms with Gasteiger partial charge in [-0.1, -0.05) is 35.8 Å². The Kier molecular flexibility index (Phi) is 4.46. The van der Waals surface area contributed by atoms with Crippen molar-refractivity contribution in [1.82, 2.24) is 5.32 Å². The van der Waals surface area contributed by atoms with Gasteiger partial charge in [-0.25, -0.2) is 0 Å². The van der Waals surface area contributed by atoms with E-state index < -0.39 is 0 Å². The number of hydrogen-bond acceptors (Lipinski definition) is 2. The molecular formula is C15H23BrN2. The standard InChI is InChI=1S/C15H23BrN2/c1-11(2)9-18-15(10-17)6-5-12-7-14(16)4-3-13(12)8-15/h3-4,7,11,18H,5-6,8-10,17H2,1-2H3. The zero-order valence-electron chi connectivity index (χ0n) is 11.3. The molecule has 1 aromatic rings. The average Bonchev–Trinajstić information content (AvgIpc) is 2.36. The molecule has 1 unspecified atom stereocenters. The molecule has 100 valence electrons. The minimum Gasteiger partial charge on any atom is -0.329 e. The van der Waals surface area contributed by atoms with Crippen LogP contribution in [0.1, 0.15) is 31.4 Å². The summed E-state index contributed by atoms with van der Waals surface area (Å²) in [5.41, 5.74) is 9.06. The van der Waals surface area contributed by atoms with E-state index >= 15 is 0 Å². The summed E-state index contributed by atoms with van der Waals surface area (Å²) >= 11 is 3.55. The lowest BCUT2D eigenvalue weighted by Gasteiger charge is -2.39. The lowest BCUT2D eigenvalue weighted by molar-refractivity contribution is 0.281. The van der Waals surface area contributed by atoms with E-state index in [-0.39, 0.29) is 5.54 Å². The Morgan fingerprint density at radius 3 is 2.83 bits per heavy atom. The molecule has 1 aliphatic rings. The maximum absolute atomic E-state index is 6.04. The molecule has 2 rings (SSSR count). The second-order valence-electron chi connectivity index (χ2n) is 5.85. The SMILES string of the molecule is CC(C)CNC1(CN)CCc2cc(Br)ccc2C1. The van der Waals surface area contributed by atoms with Gasteiger partial charge in [-0.3, -0.25) is 0 Å². The Bertz CT molecular complexity index is 417. The van der Waals surface area contributed by atoms with Crippen molar-refractivity contribution in [3.63, 3.8) is 0 Å². The van der Waals surface area contributed by atoms with Crippen molar-refractivity contribution in [3.05, 3.63) is 33.8 Å². The first kappa shape index (κ1) is 14.0. The minimum absolute atomic E-state index is 0.102. The number of hydrogen-bond donors (Lipinski definition) is 2. The van der Waals surface area contributed by atoms with Gasteiger partial charge in [0, 0.05) is 16.6 Å². The number of nitrogens with two attached hydrogens (primary N) is 1. The first-order valence-electron chi connectivity index (χ1n) is 6.77. The molecule has 0 saturated heterocycles. The lowest BCUT2D eigenvalue weighted by atomic mass is 9.77. The fourth-order valence-electron chi connectivity index (χ4n) is 2.64. The second kappa shape index (κ2) is 5.72. The summed E-state index contributed by atoms with van der Waals surface area (Å²) in [5, 5.41) is 3.70. The van der Waals surface area contributed by atoms with E-state index in [1.165, 1.54) is 15.6 Å². The summed E-state index contributed by atoms with van der Waals surface area (Å²) < 4.78 is 1.18. The molecule has 18 heavy (non-hydrogen) atoms.